The van der Waals surface area contributed by atoms with Crippen molar-refractivity contribution in [3.63, 3.8) is 0 Å². The predicted molar refractivity (Wildman–Crippen MR) is 51.5 cm³/mol. The highest BCUT2D eigenvalue weighted by molar-refractivity contribution is 7.07. The van der Waals surface area contributed by atoms with Crippen LogP contribution in [0.1, 0.15) is 5.69 Å². The molecule has 0 aliphatic rings. The predicted octanol–water partition coefficient (Wildman–Crippen LogP) is 0.733. The van der Waals surface area contributed by atoms with Crippen LogP contribution in [-0.4, -0.2) is 11.1 Å². The van der Waals surface area contributed by atoms with Crippen LogP contribution >= 0.6 is 11.3 Å². The summed E-state index contributed by atoms with van der Waals surface area (Å²) in [5.74, 6) is 0. The molecule has 0 spiro atoms. The molecular weight excluding hydrogens is 172 g/mol. The van der Waals surface area contributed by atoms with Crippen molar-refractivity contribution in [2.45, 2.75) is 13.5 Å². The first-order valence-electron chi connectivity index (χ1n) is 3.75. The van der Waals surface area contributed by atoms with Crippen molar-refractivity contribution in [3.05, 3.63) is 32.9 Å². The van der Waals surface area contributed by atoms with Gasteiger partial charge in [-0.3, -0.25) is 9.36 Å². The zero-order valence-corrected chi connectivity index (χ0v) is 7.80. The number of hydrogen-bond acceptors (Lipinski definition) is 3. The Morgan fingerprint density at radius 3 is 2.92 bits per heavy atom. The molecule has 0 bridgehead atoms. The molecule has 0 radical (unpaired) electrons. The average Bonchev–Trinajstić information content (AvgIpc) is 2.35. The number of thiazole rings is 1. The van der Waals surface area contributed by atoms with Crippen molar-refractivity contribution in [2.24, 2.45) is 5.73 Å². The molecule has 0 aromatic carbocycles. The summed E-state index contributed by atoms with van der Waals surface area (Å²) in [6.45, 7) is 3.08. The van der Waals surface area contributed by atoms with E-state index in [4.69, 9.17) is 5.73 Å². The van der Waals surface area contributed by atoms with Gasteiger partial charge in [0.15, 0.2) is 0 Å². The second kappa shape index (κ2) is 4.23. The minimum Gasteiger partial charge on any atom is -0.327 e. The molecule has 4 heteroatoms. The van der Waals surface area contributed by atoms with Crippen LogP contribution in [0.4, 0.5) is 0 Å². The van der Waals surface area contributed by atoms with Crippen molar-refractivity contribution in [3.8, 4) is 0 Å². The molecule has 12 heavy (non-hydrogen) atoms. The monoisotopic (exact) mass is 184 g/mol. The number of nitrogens with zero attached hydrogens (tertiary/aromatic N) is 1. The molecule has 0 aliphatic heterocycles. The summed E-state index contributed by atoms with van der Waals surface area (Å²) in [5, 5.41) is 1.86. The second-order valence-electron chi connectivity index (χ2n) is 2.46. The van der Waals surface area contributed by atoms with Crippen LogP contribution in [0.15, 0.2) is 22.3 Å². The maximum atomic E-state index is 11.2. The van der Waals surface area contributed by atoms with Gasteiger partial charge in [0.25, 0.3) is 0 Å². The zero-order valence-electron chi connectivity index (χ0n) is 6.99. The van der Waals surface area contributed by atoms with Gasteiger partial charge in [0, 0.05) is 24.2 Å². The van der Waals surface area contributed by atoms with Gasteiger partial charge in [-0.2, -0.15) is 0 Å². The van der Waals surface area contributed by atoms with Gasteiger partial charge < -0.3 is 5.73 Å². The fourth-order valence-electron chi connectivity index (χ4n) is 0.902. The Bertz CT molecular complexity index is 324. The van der Waals surface area contributed by atoms with Crippen LogP contribution in [0.3, 0.4) is 0 Å². The molecule has 3 nitrogen and oxygen atoms in total. The van der Waals surface area contributed by atoms with Crippen molar-refractivity contribution in [1.29, 1.82) is 0 Å². The molecule has 0 fully saturated rings. The van der Waals surface area contributed by atoms with Crippen LogP contribution in [0.5, 0.6) is 0 Å². The topological polar surface area (TPSA) is 48.0 Å². The molecular formula is C8H12N2OS. The lowest BCUT2D eigenvalue weighted by atomic mass is 10.4. The largest absolute Gasteiger partial charge is 0.327 e. The van der Waals surface area contributed by atoms with E-state index in [-0.39, 0.29) is 4.87 Å². The first-order chi connectivity index (χ1) is 5.75. The Hall–Kier alpha value is -0.870. The molecule has 66 valence electrons. The Morgan fingerprint density at radius 2 is 2.42 bits per heavy atom. The van der Waals surface area contributed by atoms with Crippen molar-refractivity contribution >= 4 is 11.3 Å². The third-order valence-electron chi connectivity index (χ3n) is 1.57. The van der Waals surface area contributed by atoms with Crippen molar-refractivity contribution < 1.29 is 0 Å². The van der Waals surface area contributed by atoms with Gasteiger partial charge in [0.1, 0.15) is 0 Å². The fourth-order valence-corrected chi connectivity index (χ4v) is 1.65. The van der Waals surface area contributed by atoms with Crippen LogP contribution in [0, 0.1) is 6.92 Å². The molecule has 0 saturated heterocycles. The molecule has 0 unspecified atom stereocenters. The second-order valence-corrected chi connectivity index (χ2v) is 3.28. The summed E-state index contributed by atoms with van der Waals surface area (Å²) in [6, 6.07) is 0. The summed E-state index contributed by atoms with van der Waals surface area (Å²) in [7, 11) is 0. The Labute approximate surface area is 75.1 Å². The quantitative estimate of drug-likeness (QED) is 0.704. The number of nitrogens with two attached hydrogens (primary N) is 1. The van der Waals surface area contributed by atoms with Gasteiger partial charge in [-0.15, -0.1) is 0 Å². The molecule has 0 amide bonds. The SMILES string of the molecule is Cc1csc(=O)n1CC=CCN. The van der Waals surface area contributed by atoms with Crippen LogP contribution in [0.25, 0.3) is 0 Å². The van der Waals surface area contributed by atoms with E-state index in [9.17, 15) is 4.79 Å². The number of aromatic nitrogens is 1. The molecule has 1 heterocycles. The van der Waals surface area contributed by atoms with E-state index in [0.717, 1.165) is 5.69 Å². The highest BCUT2D eigenvalue weighted by atomic mass is 32.1. The normalized spacial score (nSPS) is 11.2. The van der Waals surface area contributed by atoms with Gasteiger partial charge in [0.2, 0.25) is 0 Å². The average molecular weight is 184 g/mol. The van der Waals surface area contributed by atoms with Gasteiger partial charge in [-0.25, -0.2) is 0 Å². The van der Waals surface area contributed by atoms with E-state index in [0.29, 0.717) is 13.1 Å². The number of aryl methyl sites for hydroxylation is 1. The lowest BCUT2D eigenvalue weighted by Gasteiger charge is -1.97. The standard InChI is InChI=1S/C8H12N2OS/c1-7-6-12-8(11)10(7)5-3-2-4-9/h2-3,6H,4-5,9H2,1H3. The summed E-state index contributed by atoms with van der Waals surface area (Å²) < 4.78 is 1.72. The molecule has 1 rings (SSSR count). The van der Waals surface area contributed by atoms with E-state index < -0.39 is 0 Å². The highest BCUT2D eigenvalue weighted by Gasteiger charge is 1.98. The van der Waals surface area contributed by atoms with E-state index in [2.05, 4.69) is 0 Å². The number of hydrogen-bond donors (Lipinski definition) is 1. The van der Waals surface area contributed by atoms with Crippen molar-refractivity contribution in [2.75, 3.05) is 6.54 Å². The summed E-state index contributed by atoms with van der Waals surface area (Å²) in [5.41, 5.74) is 6.28. The van der Waals surface area contributed by atoms with Crippen LogP contribution in [0.2, 0.25) is 0 Å². The molecule has 0 aliphatic carbocycles. The van der Waals surface area contributed by atoms with E-state index in [1.54, 1.807) is 4.57 Å². The maximum absolute atomic E-state index is 11.2. The third-order valence-corrected chi connectivity index (χ3v) is 2.45. The van der Waals surface area contributed by atoms with E-state index in [1.165, 1.54) is 11.3 Å². The summed E-state index contributed by atoms with van der Waals surface area (Å²) >= 11 is 1.23. The molecule has 0 saturated carbocycles. The summed E-state index contributed by atoms with van der Waals surface area (Å²) in [6.07, 6.45) is 3.75. The minimum atomic E-state index is 0.0918. The van der Waals surface area contributed by atoms with E-state index in [1.807, 2.05) is 24.5 Å². The minimum absolute atomic E-state index is 0.0918. The van der Waals surface area contributed by atoms with Gasteiger partial charge in [0.05, 0.1) is 0 Å². The lowest BCUT2D eigenvalue weighted by Crippen LogP contribution is -2.13. The summed E-state index contributed by atoms with van der Waals surface area (Å²) in [4.78, 5) is 11.2. The van der Waals surface area contributed by atoms with Gasteiger partial charge in [-0.1, -0.05) is 23.5 Å². The third kappa shape index (κ3) is 2.06. The molecule has 2 N–H and O–H groups in total. The maximum Gasteiger partial charge on any atom is 0.307 e. The first kappa shape index (κ1) is 9.22. The molecule has 0 atom stereocenters. The lowest BCUT2D eigenvalue weighted by molar-refractivity contribution is 0.772. The van der Waals surface area contributed by atoms with Crippen LogP contribution in [-0.2, 0) is 6.54 Å². The highest BCUT2D eigenvalue weighted by Crippen LogP contribution is 1.98. The van der Waals surface area contributed by atoms with Crippen molar-refractivity contribution in [1.82, 2.24) is 4.57 Å². The number of allylic oxidation sites excluding steroid dienone is 1. The fraction of sp³-hybridized carbons (Fsp3) is 0.375. The Balaban J connectivity index is 2.74. The smallest absolute Gasteiger partial charge is 0.307 e. The Morgan fingerprint density at radius 1 is 1.67 bits per heavy atom. The molecule has 1 aromatic heterocycles. The van der Waals surface area contributed by atoms with Gasteiger partial charge >= 0.3 is 4.87 Å². The van der Waals surface area contributed by atoms with Gasteiger partial charge in [-0.05, 0) is 6.92 Å². The Kier molecular flexibility index (Phi) is 3.25. The zero-order chi connectivity index (χ0) is 8.97. The number of rotatable bonds is 3. The van der Waals surface area contributed by atoms with Crippen LogP contribution < -0.4 is 10.6 Å². The van der Waals surface area contributed by atoms with E-state index >= 15 is 0 Å². The molecule has 1 aromatic rings. The first-order valence-corrected chi connectivity index (χ1v) is 4.63.